The van der Waals surface area contributed by atoms with Crippen LogP contribution in [0.5, 0.6) is 5.75 Å². The van der Waals surface area contributed by atoms with Gasteiger partial charge in [-0.2, -0.15) is 0 Å². The summed E-state index contributed by atoms with van der Waals surface area (Å²) in [5.74, 6) is 0.864. The van der Waals surface area contributed by atoms with Gasteiger partial charge < -0.3 is 9.84 Å². The molecule has 0 atom stereocenters. The van der Waals surface area contributed by atoms with Crippen molar-refractivity contribution in [3.05, 3.63) is 29.8 Å². The third kappa shape index (κ3) is 4.55. The van der Waals surface area contributed by atoms with Crippen molar-refractivity contribution in [1.82, 2.24) is 4.90 Å². The molecule has 21 heavy (non-hydrogen) atoms. The monoisotopic (exact) mass is 291 g/mol. The third-order valence-electron chi connectivity index (χ3n) is 4.24. The first-order chi connectivity index (χ1) is 10.2. The molecule has 0 heterocycles. The number of carbonyl (C=O) groups excluding carboxylic acids is 1. The molecule has 1 saturated carbocycles. The van der Waals surface area contributed by atoms with Gasteiger partial charge in [0.25, 0.3) is 0 Å². The van der Waals surface area contributed by atoms with Gasteiger partial charge in [-0.3, -0.25) is 9.69 Å². The summed E-state index contributed by atoms with van der Waals surface area (Å²) in [6, 6.07) is 7.67. The lowest BCUT2D eigenvalue weighted by atomic mass is 9.94. The summed E-state index contributed by atoms with van der Waals surface area (Å²) < 4.78 is 5.11. The van der Waals surface area contributed by atoms with Crippen molar-refractivity contribution in [2.45, 2.75) is 38.1 Å². The highest BCUT2D eigenvalue weighted by atomic mass is 16.5. The number of benzene rings is 1. The Morgan fingerprint density at radius 2 is 1.90 bits per heavy atom. The number of aliphatic hydroxyl groups is 1. The first-order valence-corrected chi connectivity index (χ1v) is 7.76. The van der Waals surface area contributed by atoms with Crippen LogP contribution in [0.1, 0.15) is 42.5 Å². The Morgan fingerprint density at radius 1 is 1.24 bits per heavy atom. The molecule has 4 heteroatoms. The van der Waals surface area contributed by atoms with Crippen LogP contribution in [0.3, 0.4) is 0 Å². The van der Waals surface area contributed by atoms with Gasteiger partial charge in [0.2, 0.25) is 0 Å². The fourth-order valence-corrected chi connectivity index (χ4v) is 3.02. The topological polar surface area (TPSA) is 49.8 Å². The molecule has 1 fully saturated rings. The Morgan fingerprint density at radius 3 is 2.48 bits per heavy atom. The number of aliphatic hydroxyl groups excluding tert-OH is 1. The van der Waals surface area contributed by atoms with Crippen molar-refractivity contribution in [1.29, 1.82) is 0 Å². The number of rotatable bonds is 7. The minimum atomic E-state index is 0.104. The predicted octanol–water partition coefficient (Wildman–Crippen LogP) is 2.50. The summed E-state index contributed by atoms with van der Waals surface area (Å²) in [4.78, 5) is 14.6. The van der Waals surface area contributed by atoms with E-state index >= 15 is 0 Å². The molecule has 1 aliphatic carbocycles. The molecule has 1 N–H and O–H groups in total. The predicted molar refractivity (Wildman–Crippen MR) is 82.9 cm³/mol. The molecule has 116 valence electrons. The highest BCUT2D eigenvalue weighted by Gasteiger charge is 2.23. The lowest BCUT2D eigenvalue weighted by Crippen LogP contribution is -2.41. The van der Waals surface area contributed by atoms with Crippen molar-refractivity contribution in [3.63, 3.8) is 0 Å². The lowest BCUT2D eigenvalue weighted by Gasteiger charge is -2.33. The van der Waals surface area contributed by atoms with Gasteiger partial charge in [-0.1, -0.05) is 19.3 Å². The quantitative estimate of drug-likeness (QED) is 0.784. The minimum absolute atomic E-state index is 0.104. The highest BCUT2D eigenvalue weighted by Crippen LogP contribution is 2.23. The number of hydrogen-bond donors (Lipinski definition) is 1. The van der Waals surface area contributed by atoms with Crippen LogP contribution in [-0.2, 0) is 0 Å². The summed E-state index contributed by atoms with van der Waals surface area (Å²) in [6.07, 6.45) is 6.01. The van der Waals surface area contributed by atoms with Crippen molar-refractivity contribution >= 4 is 5.78 Å². The number of ether oxygens (including phenoxy) is 1. The van der Waals surface area contributed by atoms with Crippen LogP contribution in [0.15, 0.2) is 24.3 Å². The zero-order chi connectivity index (χ0) is 15.1. The summed E-state index contributed by atoms with van der Waals surface area (Å²) >= 11 is 0. The maximum absolute atomic E-state index is 12.4. The molecule has 1 aromatic carbocycles. The molecule has 4 nitrogen and oxygen atoms in total. The second-order valence-electron chi connectivity index (χ2n) is 5.64. The third-order valence-corrected chi connectivity index (χ3v) is 4.24. The average molecular weight is 291 g/mol. The van der Waals surface area contributed by atoms with Crippen LogP contribution in [0.25, 0.3) is 0 Å². The van der Waals surface area contributed by atoms with Gasteiger partial charge in [0.1, 0.15) is 5.75 Å². The van der Waals surface area contributed by atoms with E-state index in [4.69, 9.17) is 4.74 Å². The molecule has 0 radical (unpaired) electrons. The maximum atomic E-state index is 12.4. The minimum Gasteiger partial charge on any atom is -0.497 e. The van der Waals surface area contributed by atoms with Crippen LogP contribution >= 0.6 is 0 Å². The fraction of sp³-hybridized carbons (Fsp3) is 0.588. The summed E-state index contributed by atoms with van der Waals surface area (Å²) in [5.41, 5.74) is 0.703. The van der Waals surface area contributed by atoms with Crippen molar-refractivity contribution in [3.8, 4) is 5.75 Å². The first-order valence-electron chi connectivity index (χ1n) is 7.76. The number of ketones is 1. The van der Waals surface area contributed by atoms with Crippen LogP contribution in [0.4, 0.5) is 0 Å². The van der Waals surface area contributed by atoms with E-state index in [0.717, 1.165) is 18.6 Å². The standard InChI is InChI=1S/C17H25NO3/c1-21-16-9-7-14(8-10-16)17(20)13-18(11-12-19)15-5-3-2-4-6-15/h7-10,15,19H,2-6,11-13H2,1H3. The molecule has 2 rings (SSSR count). The smallest absolute Gasteiger partial charge is 0.176 e. The molecule has 0 saturated heterocycles. The second-order valence-corrected chi connectivity index (χ2v) is 5.64. The van der Waals surface area contributed by atoms with Gasteiger partial charge in [0, 0.05) is 18.2 Å². The normalized spacial score (nSPS) is 16.1. The molecular weight excluding hydrogens is 266 g/mol. The van der Waals surface area contributed by atoms with Gasteiger partial charge in [-0.15, -0.1) is 0 Å². The molecule has 0 aliphatic heterocycles. The van der Waals surface area contributed by atoms with E-state index in [1.807, 2.05) is 12.1 Å². The summed E-state index contributed by atoms with van der Waals surface area (Å²) in [6.45, 7) is 1.07. The SMILES string of the molecule is COc1ccc(C(=O)CN(CCO)C2CCCCC2)cc1. The molecule has 0 bridgehead atoms. The zero-order valence-corrected chi connectivity index (χ0v) is 12.8. The Hall–Kier alpha value is -1.39. The van der Waals surface area contributed by atoms with Crippen LogP contribution in [0, 0.1) is 0 Å². The van der Waals surface area contributed by atoms with E-state index in [1.54, 1.807) is 19.2 Å². The van der Waals surface area contributed by atoms with Crippen molar-refractivity contribution < 1.29 is 14.6 Å². The van der Waals surface area contributed by atoms with E-state index in [-0.39, 0.29) is 12.4 Å². The zero-order valence-electron chi connectivity index (χ0n) is 12.8. The molecular formula is C17H25NO3. The Kier molecular flexibility index (Phi) is 6.21. The number of nitrogens with zero attached hydrogens (tertiary/aromatic N) is 1. The van der Waals surface area contributed by atoms with E-state index in [9.17, 15) is 9.90 Å². The number of carbonyl (C=O) groups is 1. The maximum Gasteiger partial charge on any atom is 0.176 e. The summed E-state index contributed by atoms with van der Waals surface area (Å²) in [5, 5.41) is 9.25. The van der Waals surface area contributed by atoms with E-state index in [1.165, 1.54) is 19.3 Å². The molecule has 0 unspecified atom stereocenters. The molecule has 0 spiro atoms. The number of methoxy groups -OCH3 is 1. The van der Waals surface area contributed by atoms with E-state index in [0.29, 0.717) is 24.7 Å². The van der Waals surface area contributed by atoms with Gasteiger partial charge >= 0.3 is 0 Å². The Labute approximate surface area is 126 Å². The van der Waals surface area contributed by atoms with Gasteiger partial charge in [-0.25, -0.2) is 0 Å². The van der Waals surface area contributed by atoms with Gasteiger partial charge in [0.15, 0.2) is 5.78 Å². The molecule has 0 aromatic heterocycles. The fourth-order valence-electron chi connectivity index (χ4n) is 3.02. The summed E-state index contributed by atoms with van der Waals surface area (Å²) in [7, 11) is 1.61. The largest absolute Gasteiger partial charge is 0.497 e. The highest BCUT2D eigenvalue weighted by molar-refractivity contribution is 5.97. The Balaban J connectivity index is 1.99. The lowest BCUT2D eigenvalue weighted by molar-refractivity contribution is 0.0814. The van der Waals surface area contributed by atoms with Crippen molar-refractivity contribution in [2.24, 2.45) is 0 Å². The average Bonchev–Trinajstić information content (AvgIpc) is 2.55. The molecule has 1 aliphatic rings. The molecule has 0 amide bonds. The van der Waals surface area contributed by atoms with Gasteiger partial charge in [-0.05, 0) is 37.1 Å². The number of Topliss-reactive ketones (excluding diaryl/α,β-unsaturated/α-hetero) is 1. The molecule has 1 aromatic rings. The van der Waals surface area contributed by atoms with Gasteiger partial charge in [0.05, 0.1) is 20.3 Å². The Bertz CT molecular complexity index is 438. The van der Waals surface area contributed by atoms with E-state index in [2.05, 4.69) is 4.90 Å². The van der Waals surface area contributed by atoms with Crippen LogP contribution < -0.4 is 4.74 Å². The second kappa shape index (κ2) is 8.15. The van der Waals surface area contributed by atoms with Crippen molar-refractivity contribution in [2.75, 3.05) is 26.8 Å². The number of hydrogen-bond acceptors (Lipinski definition) is 4. The van der Waals surface area contributed by atoms with E-state index < -0.39 is 0 Å². The first kappa shape index (κ1) is 16.0. The van der Waals surface area contributed by atoms with Crippen LogP contribution in [-0.4, -0.2) is 48.6 Å². The van der Waals surface area contributed by atoms with Crippen LogP contribution in [0.2, 0.25) is 0 Å².